The van der Waals surface area contributed by atoms with Crippen LogP contribution in [0.15, 0.2) is 60.9 Å². The molecule has 2 N–H and O–H groups in total. The van der Waals surface area contributed by atoms with Gasteiger partial charge in [-0.1, -0.05) is 18.2 Å². The number of aromatic nitrogens is 1. The van der Waals surface area contributed by atoms with Gasteiger partial charge in [-0.05, 0) is 41.5 Å². The molecular formula is C22H21N3O4. The van der Waals surface area contributed by atoms with Gasteiger partial charge in [0.1, 0.15) is 5.75 Å². The zero-order chi connectivity index (χ0) is 20.1. The van der Waals surface area contributed by atoms with Crippen molar-refractivity contribution in [3.05, 3.63) is 77.6 Å². The predicted octanol–water partition coefficient (Wildman–Crippen LogP) is 3.36. The normalized spacial score (nSPS) is 11.8. The standard InChI is InChI=1S/C22H21N3O4/c1-27-19-5-2-15(3-6-19)10-25-22(26)17-9-18(13-23-12-17)24-11-16-4-7-20-21(8-16)29-14-28-20/h2-9,12-13,24H,10-11,14H2,1H3,(H,25,26). The second kappa shape index (κ2) is 8.52. The first-order chi connectivity index (χ1) is 14.2. The average molecular weight is 391 g/mol. The summed E-state index contributed by atoms with van der Waals surface area (Å²) in [6, 6.07) is 15.1. The van der Waals surface area contributed by atoms with Crippen molar-refractivity contribution in [2.24, 2.45) is 0 Å². The summed E-state index contributed by atoms with van der Waals surface area (Å²) in [5, 5.41) is 6.19. The summed E-state index contributed by atoms with van der Waals surface area (Å²) >= 11 is 0. The first-order valence-corrected chi connectivity index (χ1v) is 9.20. The number of hydrogen-bond acceptors (Lipinski definition) is 6. The second-order valence-electron chi connectivity index (χ2n) is 6.53. The van der Waals surface area contributed by atoms with Crippen LogP contribution in [0.25, 0.3) is 0 Å². The maximum Gasteiger partial charge on any atom is 0.253 e. The molecule has 1 aliphatic heterocycles. The van der Waals surface area contributed by atoms with Gasteiger partial charge in [-0.15, -0.1) is 0 Å². The highest BCUT2D eigenvalue weighted by Gasteiger charge is 2.13. The van der Waals surface area contributed by atoms with Crippen LogP contribution >= 0.6 is 0 Å². The molecule has 1 amide bonds. The Bertz CT molecular complexity index is 1010. The molecule has 7 heteroatoms. The van der Waals surface area contributed by atoms with E-state index < -0.39 is 0 Å². The molecule has 3 aromatic rings. The lowest BCUT2D eigenvalue weighted by Crippen LogP contribution is -2.23. The van der Waals surface area contributed by atoms with E-state index in [1.165, 1.54) is 0 Å². The van der Waals surface area contributed by atoms with Gasteiger partial charge in [-0.25, -0.2) is 0 Å². The van der Waals surface area contributed by atoms with E-state index in [4.69, 9.17) is 14.2 Å². The van der Waals surface area contributed by atoms with E-state index in [-0.39, 0.29) is 12.7 Å². The topological polar surface area (TPSA) is 81.7 Å². The highest BCUT2D eigenvalue weighted by Crippen LogP contribution is 2.32. The number of anilines is 1. The van der Waals surface area contributed by atoms with Crippen molar-refractivity contribution in [2.75, 3.05) is 19.2 Å². The summed E-state index contributed by atoms with van der Waals surface area (Å²) in [5.74, 6) is 2.10. The third-order valence-electron chi connectivity index (χ3n) is 4.55. The van der Waals surface area contributed by atoms with E-state index in [2.05, 4.69) is 15.6 Å². The zero-order valence-electron chi connectivity index (χ0n) is 16.0. The number of pyridine rings is 1. The minimum absolute atomic E-state index is 0.181. The van der Waals surface area contributed by atoms with E-state index in [1.807, 2.05) is 42.5 Å². The lowest BCUT2D eigenvalue weighted by Gasteiger charge is -2.09. The van der Waals surface area contributed by atoms with Crippen LogP contribution in [0.3, 0.4) is 0 Å². The van der Waals surface area contributed by atoms with Crippen LogP contribution in [0, 0.1) is 0 Å². The number of rotatable bonds is 7. The van der Waals surface area contributed by atoms with Crippen molar-refractivity contribution in [3.8, 4) is 17.2 Å². The summed E-state index contributed by atoms with van der Waals surface area (Å²) in [5.41, 5.74) is 3.29. The molecule has 2 heterocycles. The molecule has 29 heavy (non-hydrogen) atoms. The monoisotopic (exact) mass is 391 g/mol. The number of nitrogens with zero attached hydrogens (tertiary/aromatic N) is 1. The number of ether oxygens (including phenoxy) is 3. The van der Waals surface area contributed by atoms with Crippen LogP contribution in [-0.2, 0) is 13.1 Å². The fourth-order valence-corrected chi connectivity index (χ4v) is 2.94. The molecule has 1 aromatic heterocycles. The van der Waals surface area contributed by atoms with Crippen molar-refractivity contribution in [3.63, 3.8) is 0 Å². The summed E-state index contributed by atoms with van der Waals surface area (Å²) in [6.07, 6.45) is 3.24. The third-order valence-corrected chi connectivity index (χ3v) is 4.55. The summed E-state index contributed by atoms with van der Waals surface area (Å²) < 4.78 is 15.9. The maximum atomic E-state index is 12.5. The fraction of sp³-hybridized carbons (Fsp3) is 0.182. The molecule has 0 aliphatic carbocycles. The Kier molecular flexibility index (Phi) is 5.47. The van der Waals surface area contributed by atoms with Crippen molar-refractivity contribution < 1.29 is 19.0 Å². The summed E-state index contributed by atoms with van der Waals surface area (Å²) in [6.45, 7) is 1.26. The number of fused-ring (bicyclic) bond motifs is 1. The van der Waals surface area contributed by atoms with Crippen LogP contribution < -0.4 is 24.8 Å². The first-order valence-electron chi connectivity index (χ1n) is 9.20. The van der Waals surface area contributed by atoms with Crippen LogP contribution in [0.1, 0.15) is 21.5 Å². The Balaban J connectivity index is 1.34. The van der Waals surface area contributed by atoms with Gasteiger partial charge in [0.05, 0.1) is 18.4 Å². The van der Waals surface area contributed by atoms with Crippen LogP contribution in [0.2, 0.25) is 0 Å². The van der Waals surface area contributed by atoms with Gasteiger partial charge < -0.3 is 24.8 Å². The molecular weight excluding hydrogens is 370 g/mol. The Labute approximate surface area is 168 Å². The molecule has 0 radical (unpaired) electrons. The predicted molar refractivity (Wildman–Crippen MR) is 108 cm³/mol. The van der Waals surface area contributed by atoms with E-state index in [9.17, 15) is 4.79 Å². The molecule has 0 atom stereocenters. The van der Waals surface area contributed by atoms with Gasteiger partial charge in [0, 0.05) is 25.5 Å². The van der Waals surface area contributed by atoms with Gasteiger partial charge in [-0.3, -0.25) is 9.78 Å². The lowest BCUT2D eigenvalue weighted by molar-refractivity contribution is 0.0950. The molecule has 0 fully saturated rings. The number of amides is 1. The van der Waals surface area contributed by atoms with Gasteiger partial charge in [0.15, 0.2) is 11.5 Å². The van der Waals surface area contributed by atoms with E-state index >= 15 is 0 Å². The number of benzene rings is 2. The molecule has 1 aliphatic rings. The van der Waals surface area contributed by atoms with E-state index in [0.29, 0.717) is 18.7 Å². The van der Waals surface area contributed by atoms with Crippen LogP contribution in [-0.4, -0.2) is 24.8 Å². The van der Waals surface area contributed by atoms with Gasteiger partial charge >= 0.3 is 0 Å². The Morgan fingerprint density at radius 1 is 1.00 bits per heavy atom. The van der Waals surface area contributed by atoms with Crippen LogP contribution in [0.4, 0.5) is 5.69 Å². The average Bonchev–Trinajstić information content (AvgIpc) is 3.24. The van der Waals surface area contributed by atoms with E-state index in [1.54, 1.807) is 25.6 Å². The molecule has 0 saturated heterocycles. The Hall–Kier alpha value is -3.74. The Morgan fingerprint density at radius 3 is 2.62 bits per heavy atom. The molecule has 148 valence electrons. The van der Waals surface area contributed by atoms with Gasteiger partial charge in [0.25, 0.3) is 5.91 Å². The number of carbonyl (C=O) groups is 1. The molecule has 7 nitrogen and oxygen atoms in total. The SMILES string of the molecule is COc1ccc(CNC(=O)c2cncc(NCc3ccc4c(c3)OCO4)c2)cc1. The first kappa shape index (κ1) is 18.6. The van der Waals surface area contributed by atoms with Crippen molar-refractivity contribution in [1.29, 1.82) is 0 Å². The fourth-order valence-electron chi connectivity index (χ4n) is 2.94. The largest absolute Gasteiger partial charge is 0.497 e. The van der Waals surface area contributed by atoms with Crippen molar-refractivity contribution in [2.45, 2.75) is 13.1 Å². The minimum atomic E-state index is -0.181. The number of nitrogens with one attached hydrogen (secondary N) is 2. The number of methoxy groups -OCH3 is 1. The third kappa shape index (κ3) is 4.57. The second-order valence-corrected chi connectivity index (χ2v) is 6.53. The highest BCUT2D eigenvalue weighted by molar-refractivity contribution is 5.94. The summed E-state index contributed by atoms with van der Waals surface area (Å²) in [7, 11) is 1.62. The smallest absolute Gasteiger partial charge is 0.253 e. The zero-order valence-corrected chi connectivity index (χ0v) is 16.0. The van der Waals surface area contributed by atoms with Crippen molar-refractivity contribution >= 4 is 11.6 Å². The molecule has 0 unspecified atom stereocenters. The lowest BCUT2D eigenvalue weighted by atomic mass is 10.2. The highest BCUT2D eigenvalue weighted by atomic mass is 16.7. The quantitative estimate of drug-likeness (QED) is 0.643. The molecule has 0 saturated carbocycles. The van der Waals surface area contributed by atoms with Gasteiger partial charge in [0.2, 0.25) is 6.79 Å². The number of hydrogen-bond donors (Lipinski definition) is 2. The minimum Gasteiger partial charge on any atom is -0.497 e. The van der Waals surface area contributed by atoms with Gasteiger partial charge in [-0.2, -0.15) is 0 Å². The summed E-state index contributed by atoms with van der Waals surface area (Å²) in [4.78, 5) is 16.6. The maximum absolute atomic E-state index is 12.5. The molecule has 4 rings (SSSR count). The van der Waals surface area contributed by atoms with Crippen molar-refractivity contribution in [1.82, 2.24) is 10.3 Å². The molecule has 2 aromatic carbocycles. The molecule has 0 spiro atoms. The van der Waals surface area contributed by atoms with Crippen LogP contribution in [0.5, 0.6) is 17.2 Å². The van der Waals surface area contributed by atoms with E-state index in [0.717, 1.165) is 34.1 Å². The number of carbonyl (C=O) groups excluding carboxylic acids is 1. The Morgan fingerprint density at radius 2 is 1.79 bits per heavy atom. The molecule has 0 bridgehead atoms.